The summed E-state index contributed by atoms with van der Waals surface area (Å²) in [5.41, 5.74) is 11.0. The van der Waals surface area contributed by atoms with Crippen molar-refractivity contribution in [3.8, 4) is 0 Å². The molecule has 5 heteroatoms. The van der Waals surface area contributed by atoms with Crippen molar-refractivity contribution in [3.05, 3.63) is 18.0 Å². The summed E-state index contributed by atoms with van der Waals surface area (Å²) in [6.45, 7) is 5.52. The van der Waals surface area contributed by atoms with E-state index in [-0.39, 0.29) is 6.04 Å². The van der Waals surface area contributed by atoms with Crippen LogP contribution in [-0.2, 0) is 4.79 Å². The molecule has 0 aliphatic rings. The van der Waals surface area contributed by atoms with Crippen LogP contribution in [0, 0.1) is 6.92 Å². The number of hydrogen-bond donors (Lipinski definition) is 2. The molecule has 84 valence electrons. The van der Waals surface area contributed by atoms with E-state index in [1.165, 1.54) is 0 Å². The summed E-state index contributed by atoms with van der Waals surface area (Å²) >= 11 is 0. The van der Waals surface area contributed by atoms with Crippen LogP contribution in [-0.4, -0.2) is 21.2 Å². The van der Waals surface area contributed by atoms with Crippen LogP contribution in [0.2, 0.25) is 0 Å². The van der Waals surface area contributed by atoms with Gasteiger partial charge < -0.3 is 11.5 Å². The largest absolute Gasteiger partial charge is 0.368 e. The number of carbonyl (C=O) groups is 1. The molecule has 0 bridgehead atoms. The van der Waals surface area contributed by atoms with Crippen molar-refractivity contribution in [1.82, 2.24) is 9.78 Å². The molecule has 0 aliphatic carbocycles. The summed E-state index contributed by atoms with van der Waals surface area (Å²) in [6, 6.07) is 1.97. The molecule has 2 unspecified atom stereocenters. The number of nitrogens with two attached hydrogens (primary N) is 2. The summed E-state index contributed by atoms with van der Waals surface area (Å²) in [7, 11) is 0. The summed E-state index contributed by atoms with van der Waals surface area (Å²) < 4.78 is 1.80. The second kappa shape index (κ2) is 4.02. The Morgan fingerprint density at radius 1 is 1.73 bits per heavy atom. The number of carbonyl (C=O) groups excluding carboxylic acids is 1. The van der Waals surface area contributed by atoms with Crippen molar-refractivity contribution in [1.29, 1.82) is 0 Å². The van der Waals surface area contributed by atoms with Gasteiger partial charge in [0.25, 0.3) is 0 Å². The fourth-order valence-corrected chi connectivity index (χ4v) is 1.49. The smallest absolute Gasteiger partial charge is 0.237 e. The molecule has 0 aliphatic heterocycles. The molecule has 0 aromatic carbocycles. The Hall–Kier alpha value is -1.36. The molecule has 1 rings (SSSR count). The van der Waals surface area contributed by atoms with Crippen LogP contribution in [0.15, 0.2) is 12.3 Å². The SMILES string of the molecule is Cc1ccn(C(C)CC(C)(N)C(N)=O)n1. The fraction of sp³-hybridized carbons (Fsp3) is 0.600. The number of aromatic nitrogens is 2. The normalized spacial score (nSPS) is 17.1. The van der Waals surface area contributed by atoms with E-state index in [1.807, 2.05) is 26.1 Å². The van der Waals surface area contributed by atoms with Crippen molar-refractivity contribution < 1.29 is 4.79 Å². The Kier molecular flexibility index (Phi) is 3.14. The monoisotopic (exact) mass is 210 g/mol. The third-order valence-corrected chi connectivity index (χ3v) is 2.48. The van der Waals surface area contributed by atoms with Crippen molar-refractivity contribution in [3.63, 3.8) is 0 Å². The minimum Gasteiger partial charge on any atom is -0.368 e. The zero-order valence-electron chi connectivity index (χ0n) is 9.40. The maximum atomic E-state index is 11.1. The quantitative estimate of drug-likeness (QED) is 0.751. The van der Waals surface area contributed by atoms with Gasteiger partial charge in [-0.05, 0) is 33.3 Å². The number of nitrogens with zero attached hydrogens (tertiary/aromatic N) is 2. The molecule has 1 aromatic heterocycles. The van der Waals surface area contributed by atoms with E-state index in [1.54, 1.807) is 11.6 Å². The molecule has 0 saturated heterocycles. The van der Waals surface area contributed by atoms with E-state index in [0.717, 1.165) is 5.69 Å². The van der Waals surface area contributed by atoms with Gasteiger partial charge in [0.2, 0.25) is 5.91 Å². The van der Waals surface area contributed by atoms with Crippen LogP contribution in [0.4, 0.5) is 0 Å². The lowest BCUT2D eigenvalue weighted by Gasteiger charge is -2.24. The first kappa shape index (κ1) is 11.7. The zero-order valence-corrected chi connectivity index (χ0v) is 9.40. The number of aryl methyl sites for hydroxylation is 1. The predicted molar refractivity (Wildman–Crippen MR) is 58.1 cm³/mol. The highest BCUT2D eigenvalue weighted by atomic mass is 16.1. The lowest BCUT2D eigenvalue weighted by Crippen LogP contribution is -2.50. The number of primary amides is 1. The van der Waals surface area contributed by atoms with Gasteiger partial charge in [0.05, 0.1) is 17.3 Å². The molecule has 0 spiro atoms. The molecule has 1 aromatic rings. The Labute approximate surface area is 89.4 Å². The maximum absolute atomic E-state index is 11.1. The molecule has 1 heterocycles. The first-order valence-electron chi connectivity index (χ1n) is 4.93. The summed E-state index contributed by atoms with van der Waals surface area (Å²) in [6.07, 6.45) is 2.35. The molecule has 2 atom stereocenters. The molecule has 1 amide bonds. The summed E-state index contributed by atoms with van der Waals surface area (Å²) in [5.74, 6) is -0.488. The van der Waals surface area contributed by atoms with Crippen molar-refractivity contribution in [2.45, 2.75) is 38.8 Å². The maximum Gasteiger partial charge on any atom is 0.237 e. The molecule has 4 N–H and O–H groups in total. The first-order valence-corrected chi connectivity index (χ1v) is 4.93. The average Bonchev–Trinajstić information content (AvgIpc) is 2.50. The summed E-state index contributed by atoms with van der Waals surface area (Å²) in [4.78, 5) is 11.1. The van der Waals surface area contributed by atoms with Gasteiger partial charge in [0.1, 0.15) is 0 Å². The van der Waals surface area contributed by atoms with E-state index < -0.39 is 11.4 Å². The lowest BCUT2D eigenvalue weighted by atomic mass is 9.94. The molecule has 15 heavy (non-hydrogen) atoms. The van der Waals surface area contributed by atoms with E-state index in [2.05, 4.69) is 5.10 Å². The van der Waals surface area contributed by atoms with Gasteiger partial charge in [-0.2, -0.15) is 5.10 Å². The highest BCUT2D eigenvalue weighted by Crippen LogP contribution is 2.18. The average molecular weight is 210 g/mol. The van der Waals surface area contributed by atoms with Gasteiger partial charge in [-0.1, -0.05) is 0 Å². The minimum absolute atomic E-state index is 0.0567. The molecule has 5 nitrogen and oxygen atoms in total. The Morgan fingerprint density at radius 3 is 2.73 bits per heavy atom. The van der Waals surface area contributed by atoms with Crippen LogP contribution in [0.1, 0.15) is 32.0 Å². The number of amides is 1. The van der Waals surface area contributed by atoms with Gasteiger partial charge in [0, 0.05) is 6.20 Å². The molecule has 0 fully saturated rings. The molecule has 0 radical (unpaired) electrons. The van der Waals surface area contributed by atoms with Gasteiger partial charge >= 0.3 is 0 Å². The summed E-state index contributed by atoms with van der Waals surface area (Å²) in [5, 5.41) is 4.26. The van der Waals surface area contributed by atoms with Crippen LogP contribution in [0.3, 0.4) is 0 Å². The van der Waals surface area contributed by atoms with Gasteiger partial charge in [-0.15, -0.1) is 0 Å². The van der Waals surface area contributed by atoms with E-state index in [9.17, 15) is 4.79 Å². The molecule has 0 saturated carbocycles. The van der Waals surface area contributed by atoms with Gasteiger partial charge in [-0.3, -0.25) is 9.48 Å². The Balaban J connectivity index is 2.71. The fourth-order valence-electron chi connectivity index (χ4n) is 1.49. The third kappa shape index (κ3) is 2.79. The zero-order chi connectivity index (χ0) is 11.6. The highest BCUT2D eigenvalue weighted by molar-refractivity contribution is 5.83. The molecular weight excluding hydrogens is 192 g/mol. The van der Waals surface area contributed by atoms with Crippen LogP contribution in [0.5, 0.6) is 0 Å². The van der Waals surface area contributed by atoms with Crippen LogP contribution < -0.4 is 11.5 Å². The van der Waals surface area contributed by atoms with E-state index in [0.29, 0.717) is 6.42 Å². The number of hydrogen-bond acceptors (Lipinski definition) is 3. The first-order chi connectivity index (χ1) is 6.83. The van der Waals surface area contributed by atoms with Gasteiger partial charge in [0.15, 0.2) is 0 Å². The standard InChI is InChI=1S/C10H18N4O/c1-7-4-5-14(13-7)8(2)6-10(3,12)9(11)15/h4-5,8H,6,12H2,1-3H3,(H2,11,15). The van der Waals surface area contributed by atoms with Gasteiger partial charge in [-0.25, -0.2) is 0 Å². The van der Waals surface area contributed by atoms with E-state index >= 15 is 0 Å². The lowest BCUT2D eigenvalue weighted by molar-refractivity contribution is -0.123. The second-order valence-corrected chi connectivity index (χ2v) is 4.27. The van der Waals surface area contributed by atoms with Crippen LogP contribution in [0.25, 0.3) is 0 Å². The topological polar surface area (TPSA) is 86.9 Å². The predicted octanol–water partition coefficient (Wildman–Crippen LogP) is 0.345. The second-order valence-electron chi connectivity index (χ2n) is 4.27. The Morgan fingerprint density at radius 2 is 2.33 bits per heavy atom. The third-order valence-electron chi connectivity index (χ3n) is 2.48. The highest BCUT2D eigenvalue weighted by Gasteiger charge is 2.28. The molecular formula is C10H18N4O. The van der Waals surface area contributed by atoms with Crippen molar-refractivity contribution in [2.75, 3.05) is 0 Å². The van der Waals surface area contributed by atoms with Crippen molar-refractivity contribution >= 4 is 5.91 Å². The van der Waals surface area contributed by atoms with E-state index in [4.69, 9.17) is 11.5 Å². The van der Waals surface area contributed by atoms with Crippen molar-refractivity contribution in [2.24, 2.45) is 11.5 Å². The minimum atomic E-state index is -0.987. The Bertz CT molecular complexity index is 356. The van der Waals surface area contributed by atoms with Crippen LogP contribution >= 0.6 is 0 Å². The number of rotatable bonds is 4.